The van der Waals surface area contributed by atoms with E-state index in [9.17, 15) is 47.6 Å². The maximum absolute atomic E-state index is 13.6. The van der Waals surface area contributed by atoms with Crippen LogP contribution in [0.5, 0.6) is 0 Å². The topological polar surface area (TPSA) is 0 Å². The molecule has 30 heavy (non-hydrogen) atoms. The molecule has 14 heteroatoms. The summed E-state index contributed by atoms with van der Waals surface area (Å²) in [6.45, 7) is 2.24. The first-order valence-electron chi connectivity index (χ1n) is 8.76. The van der Waals surface area contributed by atoms with Gasteiger partial charge in [0.25, 0.3) is 0 Å². The number of alkyl halides is 2. The molecule has 0 aliphatic carbocycles. The Morgan fingerprint density at radius 3 is 1.43 bits per heavy atom. The summed E-state index contributed by atoms with van der Waals surface area (Å²) in [4.78, 5) is -7.42. The van der Waals surface area contributed by atoms with E-state index in [1.54, 1.807) is 0 Å². The molecule has 0 aromatic heterocycles. The van der Waals surface area contributed by atoms with Crippen LogP contribution in [0, 0.1) is 0 Å². The smallest absolute Gasteiger partial charge is 0.248 e. The largest absolute Gasteiger partial charge is 0.312 e. The maximum atomic E-state index is 13.6. The molecule has 0 spiro atoms. The molecule has 0 nitrogen and oxygen atoms in total. The van der Waals surface area contributed by atoms with Gasteiger partial charge < -0.3 is 0 Å². The van der Waals surface area contributed by atoms with E-state index in [1.165, 1.54) is 6.92 Å². The predicted molar refractivity (Wildman–Crippen MR) is 96.3 cm³/mol. The molecule has 0 fully saturated rings. The molecule has 0 heterocycles. The van der Waals surface area contributed by atoms with Gasteiger partial charge in [-0.05, 0) is 56.6 Å². The van der Waals surface area contributed by atoms with Gasteiger partial charge >= 0.3 is 20.4 Å². The first-order chi connectivity index (χ1) is 12.9. The number of hydrogen-bond donors (Lipinski definition) is 0. The van der Waals surface area contributed by atoms with E-state index in [1.807, 2.05) is 0 Å². The Hall–Kier alpha value is -0.920. The van der Waals surface area contributed by atoms with E-state index in [2.05, 4.69) is 0 Å². The molecule has 2 unspecified atom stereocenters. The summed E-state index contributed by atoms with van der Waals surface area (Å²) >= 11 is 0. The van der Waals surface area contributed by atoms with E-state index >= 15 is 0 Å². The second-order valence-corrected chi connectivity index (χ2v) is 11.9. The van der Waals surface area contributed by atoms with E-state index in [4.69, 9.17) is 0 Å². The Morgan fingerprint density at radius 2 is 1.10 bits per heavy atom. The number of halogens is 12. The lowest BCUT2D eigenvalue weighted by atomic mass is 10.0. The van der Waals surface area contributed by atoms with E-state index in [0.29, 0.717) is 0 Å². The molecule has 0 saturated carbocycles. The number of benzene rings is 1. The van der Waals surface area contributed by atoms with Crippen molar-refractivity contribution in [2.75, 3.05) is 0 Å². The van der Waals surface area contributed by atoms with Crippen molar-refractivity contribution in [3.8, 4) is 0 Å². The maximum Gasteiger partial charge on any atom is 0.312 e. The summed E-state index contributed by atoms with van der Waals surface area (Å²) < 4.78 is 162. The second kappa shape index (κ2) is 6.79. The van der Waals surface area contributed by atoms with Crippen LogP contribution in [-0.2, 0) is 12.8 Å². The van der Waals surface area contributed by atoms with Crippen molar-refractivity contribution in [2.24, 2.45) is 0 Å². The van der Waals surface area contributed by atoms with Gasteiger partial charge in [0.15, 0.2) is 0 Å². The lowest BCUT2D eigenvalue weighted by molar-refractivity contribution is 0.302. The van der Waals surface area contributed by atoms with Crippen LogP contribution in [0.1, 0.15) is 50.7 Å². The fourth-order valence-electron chi connectivity index (χ4n) is 2.97. The summed E-state index contributed by atoms with van der Waals surface area (Å²) in [5, 5.41) is 0. The molecular formula is C16H22F12S2. The van der Waals surface area contributed by atoms with Crippen LogP contribution in [-0.4, -0.2) is 12.3 Å². The number of hydrogen-bond acceptors (Lipinski definition) is 0. The van der Waals surface area contributed by atoms with Crippen molar-refractivity contribution in [3.05, 3.63) is 23.3 Å². The van der Waals surface area contributed by atoms with Crippen molar-refractivity contribution in [1.29, 1.82) is 0 Å². The summed E-state index contributed by atoms with van der Waals surface area (Å²) in [5.41, 5.74) is -3.45. The monoisotopic (exact) mass is 506 g/mol. The predicted octanol–water partition coefficient (Wildman–Crippen LogP) is 10.4. The Bertz CT molecular complexity index is 781. The van der Waals surface area contributed by atoms with Gasteiger partial charge in [-0.25, -0.2) is 8.78 Å². The van der Waals surface area contributed by atoms with Crippen LogP contribution < -0.4 is 0 Å². The van der Waals surface area contributed by atoms with Gasteiger partial charge in [0.1, 0.15) is 16.0 Å². The highest BCUT2D eigenvalue weighted by atomic mass is 32.5. The molecular weight excluding hydrogens is 484 g/mol. The molecule has 0 bridgehead atoms. The van der Waals surface area contributed by atoms with Crippen LogP contribution in [0.15, 0.2) is 21.9 Å². The summed E-state index contributed by atoms with van der Waals surface area (Å²) in [6.07, 6.45) is -8.00. The summed E-state index contributed by atoms with van der Waals surface area (Å²) in [7, 11) is -22.6. The third-order valence-electron chi connectivity index (χ3n) is 4.26. The average Bonchev–Trinajstić information content (AvgIpc) is 2.47. The van der Waals surface area contributed by atoms with Gasteiger partial charge in [-0.3, -0.25) is 0 Å². The van der Waals surface area contributed by atoms with Crippen molar-refractivity contribution in [1.82, 2.24) is 0 Å². The van der Waals surface area contributed by atoms with Crippen molar-refractivity contribution in [3.63, 3.8) is 0 Å². The molecule has 1 aromatic rings. The molecule has 0 saturated heterocycles. The quantitative estimate of drug-likeness (QED) is 0.277. The standard InChI is InChI=1S/C16H22F12S2/c1-3-14(18)10-9-13-8-7-12(6-4-5-11(2)17)15(29(19,20,21,22)23)16(13)30(24,25,26,27)28/h7-8,11,14H,3-6,9-10H2,1-2H3. The van der Waals surface area contributed by atoms with Crippen LogP contribution in [0.2, 0.25) is 0 Å². The Balaban J connectivity index is 3.92. The normalized spacial score (nSPS) is 19.9. The zero-order valence-electron chi connectivity index (χ0n) is 15.9. The fourth-order valence-corrected chi connectivity index (χ4v) is 6.21. The number of rotatable bonds is 10. The van der Waals surface area contributed by atoms with Gasteiger partial charge in [-0.15, -0.1) is 0 Å². The second-order valence-electron chi connectivity index (χ2n) is 7.20. The Morgan fingerprint density at radius 1 is 0.700 bits per heavy atom. The molecule has 0 radical (unpaired) electrons. The highest BCUT2D eigenvalue weighted by molar-refractivity contribution is 8.48. The SMILES string of the molecule is CCC(F)CCc1ccc(CCCC(C)F)c(S(F)(F)(F)(F)F)c1S(F)(F)(F)(F)F. The summed E-state index contributed by atoms with van der Waals surface area (Å²) in [6, 6.07) is 0.481. The fraction of sp³-hybridized carbons (Fsp3) is 0.625. The van der Waals surface area contributed by atoms with Crippen LogP contribution in [0.4, 0.5) is 47.6 Å². The van der Waals surface area contributed by atoms with E-state index in [0.717, 1.165) is 6.92 Å². The zero-order valence-corrected chi connectivity index (χ0v) is 17.5. The minimum Gasteiger partial charge on any atom is -0.248 e. The first kappa shape index (κ1) is 27.1. The molecule has 1 aromatic carbocycles. The molecule has 0 amide bonds. The lowest BCUT2D eigenvalue weighted by Crippen LogP contribution is -2.21. The van der Waals surface area contributed by atoms with Crippen LogP contribution in [0.25, 0.3) is 0 Å². The van der Waals surface area contributed by atoms with Gasteiger partial charge in [0.05, 0.1) is 6.17 Å². The zero-order chi connectivity index (χ0) is 23.9. The van der Waals surface area contributed by atoms with Crippen molar-refractivity contribution < 1.29 is 47.6 Å². The number of aryl methyl sites for hydroxylation is 2. The van der Waals surface area contributed by atoms with E-state index in [-0.39, 0.29) is 18.6 Å². The van der Waals surface area contributed by atoms with Gasteiger partial charge in [0, 0.05) is 0 Å². The highest BCUT2D eigenvalue weighted by Gasteiger charge is 2.76. The molecule has 0 aliphatic rings. The average molecular weight is 506 g/mol. The van der Waals surface area contributed by atoms with E-state index < -0.39 is 85.8 Å². The Labute approximate surface area is 166 Å². The van der Waals surface area contributed by atoms with Gasteiger partial charge in [0.2, 0.25) is 0 Å². The summed E-state index contributed by atoms with van der Waals surface area (Å²) in [5.74, 6) is 0. The van der Waals surface area contributed by atoms with Gasteiger partial charge in [-0.1, -0.05) is 57.9 Å². The first-order valence-corrected chi connectivity index (χ1v) is 12.7. The molecule has 0 N–H and O–H groups in total. The third-order valence-corrected chi connectivity index (χ3v) is 6.87. The minimum absolute atomic E-state index is 0.233. The Kier molecular flexibility index (Phi) is 6.13. The lowest BCUT2D eigenvalue weighted by Gasteiger charge is -2.49. The minimum atomic E-state index is -11.3. The molecule has 2 atom stereocenters. The molecule has 1 rings (SSSR count). The van der Waals surface area contributed by atoms with Crippen LogP contribution in [0.3, 0.4) is 0 Å². The third kappa shape index (κ3) is 7.65. The van der Waals surface area contributed by atoms with Crippen molar-refractivity contribution >= 4 is 20.4 Å². The molecule has 0 aliphatic heterocycles. The van der Waals surface area contributed by atoms with Gasteiger partial charge in [-0.2, -0.15) is 0 Å². The molecule has 182 valence electrons. The highest BCUT2D eigenvalue weighted by Crippen LogP contribution is 3.10. The van der Waals surface area contributed by atoms with Crippen molar-refractivity contribution in [2.45, 2.75) is 74.5 Å². The van der Waals surface area contributed by atoms with Crippen LogP contribution >= 0.6 is 20.4 Å².